The van der Waals surface area contributed by atoms with Gasteiger partial charge in [-0.3, -0.25) is 0 Å². The van der Waals surface area contributed by atoms with Gasteiger partial charge in [-0.1, -0.05) is 49.2 Å². The Labute approximate surface area is 114 Å². The third-order valence-corrected chi connectivity index (χ3v) is 5.95. The van der Waals surface area contributed by atoms with Crippen LogP contribution in [-0.2, 0) is 0 Å². The summed E-state index contributed by atoms with van der Waals surface area (Å²) in [5.41, 5.74) is 0. The Bertz CT molecular complexity index is 191. The van der Waals surface area contributed by atoms with E-state index in [4.69, 9.17) is 12.2 Å². The van der Waals surface area contributed by atoms with Crippen LogP contribution in [-0.4, -0.2) is 28.1 Å². The van der Waals surface area contributed by atoms with Crippen molar-refractivity contribution < 1.29 is 0 Å². The molecule has 1 aliphatic heterocycles. The standard InChI is InChI=1S/C12H23NS3/c1-2-3-4-8-11-15-16-12(14)13-9-6-5-7-10-13/h2-11H2,1H3. The minimum absolute atomic E-state index is 1.11. The maximum atomic E-state index is 5.44. The molecule has 0 saturated carbocycles. The summed E-state index contributed by atoms with van der Waals surface area (Å²) < 4.78 is 1.11. The van der Waals surface area contributed by atoms with E-state index in [1.54, 1.807) is 0 Å². The summed E-state index contributed by atoms with van der Waals surface area (Å²) in [7, 11) is 3.75. The quantitative estimate of drug-likeness (QED) is 0.392. The maximum Gasteiger partial charge on any atom is 0.147 e. The third-order valence-electron chi connectivity index (χ3n) is 2.83. The molecule has 16 heavy (non-hydrogen) atoms. The first-order valence-electron chi connectivity index (χ1n) is 6.43. The number of hydrogen-bond acceptors (Lipinski definition) is 3. The molecule has 0 atom stereocenters. The molecule has 0 radical (unpaired) electrons. The predicted molar refractivity (Wildman–Crippen MR) is 82.2 cm³/mol. The van der Waals surface area contributed by atoms with E-state index in [0.717, 1.165) is 4.32 Å². The Hall–Kier alpha value is 0.590. The van der Waals surface area contributed by atoms with Crippen LogP contribution in [0.15, 0.2) is 0 Å². The molecule has 0 bridgehead atoms. The van der Waals surface area contributed by atoms with Crippen LogP contribution in [0.2, 0.25) is 0 Å². The van der Waals surface area contributed by atoms with Gasteiger partial charge < -0.3 is 4.90 Å². The van der Waals surface area contributed by atoms with Gasteiger partial charge in [0.05, 0.1) is 0 Å². The molecule has 0 aromatic carbocycles. The summed E-state index contributed by atoms with van der Waals surface area (Å²) >= 11 is 5.44. The van der Waals surface area contributed by atoms with E-state index in [1.807, 2.05) is 21.6 Å². The van der Waals surface area contributed by atoms with Gasteiger partial charge in [0.25, 0.3) is 0 Å². The van der Waals surface area contributed by atoms with Crippen LogP contribution in [0, 0.1) is 0 Å². The minimum atomic E-state index is 1.11. The lowest BCUT2D eigenvalue weighted by molar-refractivity contribution is 0.352. The molecule has 1 fully saturated rings. The summed E-state index contributed by atoms with van der Waals surface area (Å²) in [6.45, 7) is 4.62. The van der Waals surface area contributed by atoms with E-state index >= 15 is 0 Å². The molecule has 0 unspecified atom stereocenters. The molecule has 4 heteroatoms. The average molecular weight is 278 g/mol. The van der Waals surface area contributed by atoms with Crippen LogP contribution >= 0.6 is 33.8 Å². The SMILES string of the molecule is CCCCCCSSC(=S)N1CCCCC1. The lowest BCUT2D eigenvalue weighted by atomic mass is 10.1. The Balaban J connectivity index is 1.97. The van der Waals surface area contributed by atoms with E-state index in [1.165, 1.54) is 63.8 Å². The molecule has 0 aromatic heterocycles. The molecule has 0 amide bonds. The van der Waals surface area contributed by atoms with Gasteiger partial charge in [-0.05, 0) is 36.5 Å². The number of likely N-dealkylation sites (tertiary alicyclic amines) is 1. The molecule has 1 aliphatic rings. The highest BCUT2D eigenvalue weighted by molar-refractivity contribution is 8.83. The topological polar surface area (TPSA) is 3.24 Å². The first-order valence-corrected chi connectivity index (χ1v) is 9.15. The number of thiocarbonyl (C=S) groups is 1. The first kappa shape index (κ1) is 14.7. The lowest BCUT2D eigenvalue weighted by Gasteiger charge is -2.28. The zero-order valence-corrected chi connectivity index (χ0v) is 12.7. The fraction of sp³-hybridized carbons (Fsp3) is 0.917. The van der Waals surface area contributed by atoms with Crippen molar-refractivity contribution in [2.24, 2.45) is 0 Å². The van der Waals surface area contributed by atoms with Gasteiger partial charge in [0.15, 0.2) is 0 Å². The van der Waals surface area contributed by atoms with E-state index in [9.17, 15) is 0 Å². The zero-order valence-electron chi connectivity index (χ0n) is 10.2. The monoisotopic (exact) mass is 277 g/mol. The maximum absolute atomic E-state index is 5.44. The van der Waals surface area contributed by atoms with Crippen molar-refractivity contribution in [3.63, 3.8) is 0 Å². The predicted octanol–water partition coefficient (Wildman–Crippen LogP) is 4.72. The van der Waals surface area contributed by atoms with E-state index in [-0.39, 0.29) is 0 Å². The molecular formula is C12H23NS3. The highest BCUT2D eigenvalue weighted by atomic mass is 33.1. The second-order valence-electron chi connectivity index (χ2n) is 4.28. The van der Waals surface area contributed by atoms with Gasteiger partial charge in [-0.2, -0.15) is 0 Å². The summed E-state index contributed by atoms with van der Waals surface area (Å²) in [6.07, 6.45) is 9.44. The number of unbranched alkanes of at least 4 members (excludes halogenated alkanes) is 3. The summed E-state index contributed by atoms with van der Waals surface area (Å²) in [5.74, 6) is 1.25. The summed E-state index contributed by atoms with van der Waals surface area (Å²) in [5, 5.41) is 0. The van der Waals surface area contributed by atoms with Crippen molar-refractivity contribution >= 4 is 38.1 Å². The number of hydrogen-bond donors (Lipinski definition) is 0. The van der Waals surface area contributed by atoms with Crippen molar-refractivity contribution in [3.8, 4) is 0 Å². The molecule has 0 N–H and O–H groups in total. The Morgan fingerprint density at radius 2 is 1.88 bits per heavy atom. The molecule has 1 nitrogen and oxygen atoms in total. The first-order chi connectivity index (χ1) is 7.84. The second-order valence-corrected chi connectivity index (χ2v) is 7.33. The molecule has 1 heterocycles. The average Bonchev–Trinajstić information content (AvgIpc) is 2.34. The highest BCUT2D eigenvalue weighted by Gasteiger charge is 2.13. The molecule has 0 spiro atoms. The van der Waals surface area contributed by atoms with Crippen molar-refractivity contribution in [1.29, 1.82) is 0 Å². The summed E-state index contributed by atoms with van der Waals surface area (Å²) in [6, 6.07) is 0. The molecule has 94 valence electrons. The van der Waals surface area contributed by atoms with Gasteiger partial charge in [0.1, 0.15) is 4.32 Å². The third kappa shape index (κ3) is 6.36. The van der Waals surface area contributed by atoms with Gasteiger partial charge in [-0.15, -0.1) is 0 Å². The number of rotatable bonds is 6. The molecule has 1 rings (SSSR count). The molecule has 1 saturated heterocycles. The number of piperidine rings is 1. The Kier molecular flexibility index (Phi) is 8.79. The largest absolute Gasteiger partial charge is 0.357 e. The van der Waals surface area contributed by atoms with Crippen molar-refractivity contribution in [1.82, 2.24) is 4.90 Å². The van der Waals surface area contributed by atoms with Crippen molar-refractivity contribution in [3.05, 3.63) is 0 Å². The van der Waals surface area contributed by atoms with Crippen LogP contribution in [0.25, 0.3) is 0 Å². The van der Waals surface area contributed by atoms with E-state index in [0.29, 0.717) is 0 Å². The van der Waals surface area contributed by atoms with Crippen LogP contribution in [0.3, 0.4) is 0 Å². The van der Waals surface area contributed by atoms with Gasteiger partial charge in [0.2, 0.25) is 0 Å². The Morgan fingerprint density at radius 3 is 2.56 bits per heavy atom. The number of nitrogens with zero attached hydrogens (tertiary/aromatic N) is 1. The summed E-state index contributed by atoms with van der Waals surface area (Å²) in [4.78, 5) is 2.38. The highest BCUT2D eigenvalue weighted by Crippen LogP contribution is 2.27. The van der Waals surface area contributed by atoms with Crippen LogP contribution in [0.5, 0.6) is 0 Å². The van der Waals surface area contributed by atoms with Gasteiger partial charge >= 0.3 is 0 Å². The zero-order chi connectivity index (χ0) is 11.6. The minimum Gasteiger partial charge on any atom is -0.357 e. The smallest absolute Gasteiger partial charge is 0.147 e. The molecule has 0 aliphatic carbocycles. The molecular weight excluding hydrogens is 254 g/mol. The van der Waals surface area contributed by atoms with Crippen LogP contribution in [0.4, 0.5) is 0 Å². The van der Waals surface area contributed by atoms with Crippen molar-refractivity contribution in [2.45, 2.75) is 51.9 Å². The van der Waals surface area contributed by atoms with Crippen molar-refractivity contribution in [2.75, 3.05) is 18.8 Å². The lowest BCUT2D eigenvalue weighted by Crippen LogP contribution is -2.32. The molecule has 0 aromatic rings. The fourth-order valence-electron chi connectivity index (χ4n) is 1.81. The Morgan fingerprint density at radius 1 is 1.12 bits per heavy atom. The normalized spacial score (nSPS) is 16.4. The van der Waals surface area contributed by atoms with Crippen LogP contribution < -0.4 is 0 Å². The van der Waals surface area contributed by atoms with E-state index < -0.39 is 0 Å². The van der Waals surface area contributed by atoms with Crippen LogP contribution in [0.1, 0.15) is 51.9 Å². The van der Waals surface area contributed by atoms with Gasteiger partial charge in [0, 0.05) is 18.8 Å². The van der Waals surface area contributed by atoms with E-state index in [2.05, 4.69) is 11.8 Å². The fourth-order valence-corrected chi connectivity index (χ4v) is 4.44. The van der Waals surface area contributed by atoms with Gasteiger partial charge in [-0.25, -0.2) is 0 Å². The second kappa shape index (κ2) is 9.60.